The van der Waals surface area contributed by atoms with Crippen LogP contribution in [0.15, 0.2) is 34.9 Å². The lowest BCUT2D eigenvalue weighted by Gasteiger charge is -2.04. The van der Waals surface area contributed by atoms with E-state index >= 15 is 0 Å². The standard InChI is InChI=1S/C12H11NO5/c1-16-8-2-4-9(5-3-8)17-7-10-6-13-11(18-10)12(14)15/h2-6H,7H2,1H3,(H,14,15). The molecule has 1 aromatic carbocycles. The molecule has 0 unspecified atom stereocenters. The van der Waals surface area contributed by atoms with Gasteiger partial charge in [-0.1, -0.05) is 0 Å². The molecule has 0 amide bonds. The number of aromatic nitrogens is 1. The third-order valence-electron chi connectivity index (χ3n) is 2.18. The van der Waals surface area contributed by atoms with E-state index in [1.807, 2.05) is 0 Å². The number of methoxy groups -OCH3 is 1. The van der Waals surface area contributed by atoms with Crippen molar-refractivity contribution in [2.24, 2.45) is 0 Å². The van der Waals surface area contributed by atoms with Crippen molar-refractivity contribution in [3.63, 3.8) is 0 Å². The average Bonchev–Trinajstić information content (AvgIpc) is 2.86. The predicted molar refractivity (Wildman–Crippen MR) is 60.8 cm³/mol. The van der Waals surface area contributed by atoms with Crippen molar-refractivity contribution >= 4 is 5.97 Å². The molecule has 0 saturated heterocycles. The number of carboxylic acid groups (broad SMARTS) is 1. The highest BCUT2D eigenvalue weighted by Crippen LogP contribution is 2.18. The van der Waals surface area contributed by atoms with E-state index < -0.39 is 5.97 Å². The molecule has 0 spiro atoms. The summed E-state index contributed by atoms with van der Waals surface area (Å²) in [6.45, 7) is 0.118. The van der Waals surface area contributed by atoms with Crippen LogP contribution in [0.2, 0.25) is 0 Å². The topological polar surface area (TPSA) is 81.8 Å². The summed E-state index contributed by atoms with van der Waals surface area (Å²) in [4.78, 5) is 14.1. The van der Waals surface area contributed by atoms with Gasteiger partial charge in [0.2, 0.25) is 0 Å². The summed E-state index contributed by atoms with van der Waals surface area (Å²) in [5.74, 6) is 0.163. The quantitative estimate of drug-likeness (QED) is 0.872. The van der Waals surface area contributed by atoms with Crippen LogP contribution in [0, 0.1) is 0 Å². The number of nitrogens with zero attached hydrogens (tertiary/aromatic N) is 1. The highest BCUT2D eigenvalue weighted by atomic mass is 16.5. The Morgan fingerprint density at radius 2 is 2.00 bits per heavy atom. The van der Waals surface area contributed by atoms with Gasteiger partial charge in [-0.2, -0.15) is 0 Å². The van der Waals surface area contributed by atoms with Crippen molar-refractivity contribution in [2.45, 2.75) is 6.61 Å². The number of hydrogen-bond acceptors (Lipinski definition) is 5. The Labute approximate surface area is 103 Å². The van der Waals surface area contributed by atoms with Crippen LogP contribution in [0.4, 0.5) is 0 Å². The van der Waals surface area contributed by atoms with Gasteiger partial charge in [-0.05, 0) is 24.3 Å². The summed E-state index contributed by atoms with van der Waals surface area (Å²) in [7, 11) is 1.58. The second-order valence-corrected chi connectivity index (χ2v) is 3.40. The molecule has 2 aromatic rings. The third-order valence-corrected chi connectivity index (χ3v) is 2.18. The van der Waals surface area contributed by atoms with E-state index in [2.05, 4.69) is 4.98 Å². The molecule has 1 heterocycles. The Kier molecular flexibility index (Phi) is 3.47. The smallest absolute Gasteiger partial charge is 0.392 e. The minimum absolute atomic E-state index is 0.118. The number of benzene rings is 1. The van der Waals surface area contributed by atoms with E-state index in [0.717, 1.165) is 5.75 Å². The summed E-state index contributed by atoms with van der Waals surface area (Å²) >= 11 is 0. The Balaban J connectivity index is 1.95. The minimum atomic E-state index is -1.20. The first kappa shape index (κ1) is 12.0. The number of aromatic carboxylic acids is 1. The van der Waals surface area contributed by atoms with Crippen molar-refractivity contribution in [1.29, 1.82) is 0 Å². The van der Waals surface area contributed by atoms with Crippen molar-refractivity contribution in [3.05, 3.63) is 42.1 Å². The van der Waals surface area contributed by atoms with Crippen LogP contribution in [0.25, 0.3) is 0 Å². The van der Waals surface area contributed by atoms with Gasteiger partial charge >= 0.3 is 11.9 Å². The molecule has 6 heteroatoms. The molecule has 0 saturated carbocycles. The van der Waals surface area contributed by atoms with E-state index in [1.54, 1.807) is 31.4 Å². The molecule has 0 atom stereocenters. The Morgan fingerprint density at radius 1 is 1.33 bits per heavy atom. The number of ether oxygens (including phenoxy) is 2. The SMILES string of the molecule is COc1ccc(OCc2cnc(C(=O)O)o2)cc1. The molecule has 0 radical (unpaired) electrons. The van der Waals surface area contributed by atoms with Gasteiger partial charge < -0.3 is 19.0 Å². The van der Waals surface area contributed by atoms with Crippen molar-refractivity contribution < 1.29 is 23.8 Å². The zero-order valence-corrected chi connectivity index (χ0v) is 9.62. The van der Waals surface area contributed by atoms with Gasteiger partial charge in [0.25, 0.3) is 0 Å². The van der Waals surface area contributed by atoms with Gasteiger partial charge in [-0.25, -0.2) is 9.78 Å². The first-order valence-electron chi connectivity index (χ1n) is 5.14. The first-order valence-corrected chi connectivity index (χ1v) is 5.14. The average molecular weight is 249 g/mol. The van der Waals surface area contributed by atoms with Crippen molar-refractivity contribution in [1.82, 2.24) is 4.98 Å². The van der Waals surface area contributed by atoms with E-state index in [9.17, 15) is 4.79 Å². The van der Waals surface area contributed by atoms with Crippen LogP contribution in [-0.4, -0.2) is 23.2 Å². The van der Waals surface area contributed by atoms with Crippen LogP contribution >= 0.6 is 0 Å². The van der Waals surface area contributed by atoms with Crippen LogP contribution in [0.3, 0.4) is 0 Å². The van der Waals surface area contributed by atoms with Gasteiger partial charge in [0.05, 0.1) is 13.3 Å². The summed E-state index contributed by atoms with van der Waals surface area (Å²) in [5, 5.41) is 8.63. The maximum atomic E-state index is 10.5. The molecule has 18 heavy (non-hydrogen) atoms. The van der Waals surface area contributed by atoms with Crippen LogP contribution in [-0.2, 0) is 6.61 Å². The number of carboxylic acids is 1. The van der Waals surface area contributed by atoms with Crippen LogP contribution in [0.5, 0.6) is 11.5 Å². The van der Waals surface area contributed by atoms with E-state index in [-0.39, 0.29) is 12.5 Å². The van der Waals surface area contributed by atoms with Gasteiger partial charge in [0.1, 0.15) is 18.1 Å². The molecule has 6 nitrogen and oxygen atoms in total. The number of carbonyl (C=O) groups is 1. The molecule has 0 aliphatic rings. The summed E-state index contributed by atoms with van der Waals surface area (Å²) in [6, 6.07) is 7.01. The molecule has 2 rings (SSSR count). The number of rotatable bonds is 5. The van der Waals surface area contributed by atoms with Gasteiger partial charge in [0.15, 0.2) is 5.76 Å². The van der Waals surface area contributed by atoms with E-state index in [1.165, 1.54) is 6.20 Å². The largest absolute Gasteiger partial charge is 0.497 e. The molecule has 0 fully saturated rings. The maximum Gasteiger partial charge on any atom is 0.392 e. The predicted octanol–water partition coefficient (Wildman–Crippen LogP) is 1.96. The fourth-order valence-corrected chi connectivity index (χ4v) is 1.30. The molecule has 1 N–H and O–H groups in total. The highest BCUT2D eigenvalue weighted by molar-refractivity contribution is 5.81. The second-order valence-electron chi connectivity index (χ2n) is 3.40. The lowest BCUT2D eigenvalue weighted by Crippen LogP contribution is -1.96. The van der Waals surface area contributed by atoms with Crippen molar-refractivity contribution in [3.8, 4) is 11.5 Å². The molecule has 0 aliphatic carbocycles. The van der Waals surface area contributed by atoms with E-state index in [0.29, 0.717) is 11.5 Å². The van der Waals surface area contributed by atoms with Crippen LogP contribution < -0.4 is 9.47 Å². The highest BCUT2D eigenvalue weighted by Gasteiger charge is 2.11. The maximum absolute atomic E-state index is 10.5. The zero-order valence-electron chi connectivity index (χ0n) is 9.62. The summed E-state index contributed by atoms with van der Waals surface area (Å²) in [5.41, 5.74) is 0. The zero-order chi connectivity index (χ0) is 13.0. The first-order chi connectivity index (χ1) is 8.69. The molecule has 0 aliphatic heterocycles. The number of hydrogen-bond donors (Lipinski definition) is 1. The molecule has 0 bridgehead atoms. The van der Waals surface area contributed by atoms with Crippen molar-refractivity contribution in [2.75, 3.05) is 7.11 Å². The van der Waals surface area contributed by atoms with Gasteiger partial charge in [-0.3, -0.25) is 0 Å². The Hall–Kier alpha value is -2.50. The molecular weight excluding hydrogens is 238 g/mol. The summed E-state index contributed by atoms with van der Waals surface area (Å²) in [6.07, 6.45) is 1.33. The lowest BCUT2D eigenvalue weighted by molar-refractivity contribution is 0.0649. The fraction of sp³-hybridized carbons (Fsp3) is 0.167. The number of oxazole rings is 1. The Bertz CT molecular complexity index is 532. The van der Waals surface area contributed by atoms with Gasteiger partial charge in [0, 0.05) is 0 Å². The normalized spacial score (nSPS) is 10.1. The fourth-order valence-electron chi connectivity index (χ4n) is 1.30. The molecule has 1 aromatic heterocycles. The monoisotopic (exact) mass is 249 g/mol. The molecule has 94 valence electrons. The Morgan fingerprint density at radius 3 is 2.56 bits per heavy atom. The van der Waals surface area contributed by atoms with Crippen LogP contribution in [0.1, 0.15) is 16.4 Å². The second kappa shape index (κ2) is 5.22. The van der Waals surface area contributed by atoms with Gasteiger partial charge in [-0.15, -0.1) is 0 Å². The third kappa shape index (κ3) is 2.79. The molecular formula is C12H11NO5. The minimum Gasteiger partial charge on any atom is -0.497 e. The van der Waals surface area contributed by atoms with E-state index in [4.69, 9.17) is 19.0 Å². The summed E-state index contributed by atoms with van der Waals surface area (Å²) < 4.78 is 15.4. The lowest BCUT2D eigenvalue weighted by atomic mass is 10.3.